The van der Waals surface area contributed by atoms with Crippen LogP contribution in [0, 0.1) is 6.92 Å². The van der Waals surface area contributed by atoms with Crippen LogP contribution in [0.25, 0.3) is 0 Å². The van der Waals surface area contributed by atoms with Gasteiger partial charge < -0.3 is 20.1 Å². The zero-order valence-electron chi connectivity index (χ0n) is 22.2. The number of phenolic OH excluding ortho intramolecular Hbond substituents is 3. The minimum absolute atomic E-state index is 0.0654. The summed E-state index contributed by atoms with van der Waals surface area (Å²) in [6, 6.07) is 3.69. The molecular formula is C31H40O4. The lowest BCUT2D eigenvalue weighted by atomic mass is 9.78. The first kappa shape index (κ1) is 26.5. The van der Waals surface area contributed by atoms with Crippen LogP contribution in [0.15, 0.2) is 48.1 Å². The predicted molar refractivity (Wildman–Crippen MR) is 144 cm³/mol. The average Bonchev–Trinajstić information content (AvgIpc) is 2.78. The molecule has 3 rings (SSSR count). The van der Waals surface area contributed by atoms with Gasteiger partial charge in [-0.1, -0.05) is 43.2 Å². The van der Waals surface area contributed by atoms with Crippen molar-refractivity contribution in [2.24, 2.45) is 0 Å². The van der Waals surface area contributed by atoms with Crippen molar-refractivity contribution in [2.45, 2.75) is 85.7 Å². The van der Waals surface area contributed by atoms with Gasteiger partial charge >= 0.3 is 0 Å². The van der Waals surface area contributed by atoms with Crippen molar-refractivity contribution in [2.75, 3.05) is 0 Å². The molecular weight excluding hydrogens is 436 g/mol. The lowest BCUT2D eigenvalue weighted by Gasteiger charge is -2.33. The first-order valence-corrected chi connectivity index (χ1v) is 12.4. The van der Waals surface area contributed by atoms with Crippen LogP contribution < -0.4 is 4.74 Å². The lowest BCUT2D eigenvalue weighted by Crippen LogP contribution is -2.21. The quantitative estimate of drug-likeness (QED) is 0.283. The van der Waals surface area contributed by atoms with E-state index in [9.17, 15) is 15.3 Å². The Kier molecular flexibility index (Phi) is 7.74. The lowest BCUT2D eigenvalue weighted by molar-refractivity contribution is 0.173. The van der Waals surface area contributed by atoms with Gasteiger partial charge in [0.2, 0.25) is 0 Å². The van der Waals surface area contributed by atoms with Gasteiger partial charge in [-0.3, -0.25) is 0 Å². The molecule has 1 aliphatic heterocycles. The van der Waals surface area contributed by atoms with Gasteiger partial charge in [0, 0.05) is 33.7 Å². The Morgan fingerprint density at radius 1 is 1.03 bits per heavy atom. The Balaban J connectivity index is 2.11. The first-order valence-electron chi connectivity index (χ1n) is 12.4. The molecule has 0 aromatic heterocycles. The summed E-state index contributed by atoms with van der Waals surface area (Å²) in [5, 5.41) is 32.7. The van der Waals surface area contributed by atoms with E-state index in [0.29, 0.717) is 29.7 Å². The van der Waals surface area contributed by atoms with Gasteiger partial charge in [-0.2, -0.15) is 0 Å². The highest BCUT2D eigenvalue weighted by atomic mass is 16.5. The molecule has 4 nitrogen and oxygen atoms in total. The van der Waals surface area contributed by atoms with Crippen molar-refractivity contribution in [1.82, 2.24) is 0 Å². The minimum Gasteiger partial charge on any atom is -0.507 e. The van der Waals surface area contributed by atoms with Crippen LogP contribution in [0.4, 0.5) is 0 Å². The molecule has 1 aliphatic rings. The second-order valence-electron chi connectivity index (χ2n) is 10.7. The van der Waals surface area contributed by atoms with E-state index in [1.165, 1.54) is 0 Å². The third-order valence-corrected chi connectivity index (χ3v) is 7.01. The summed E-state index contributed by atoms with van der Waals surface area (Å²) in [6.07, 6.45) is 8.21. The maximum atomic E-state index is 11.0. The Hall–Kier alpha value is -3.14. The second kappa shape index (κ2) is 10.2. The van der Waals surface area contributed by atoms with Crippen LogP contribution in [0.3, 0.4) is 0 Å². The Bertz CT molecular complexity index is 1190. The van der Waals surface area contributed by atoms with Gasteiger partial charge in [0.15, 0.2) is 11.5 Å². The summed E-state index contributed by atoms with van der Waals surface area (Å²) >= 11 is 0. The molecule has 35 heavy (non-hydrogen) atoms. The van der Waals surface area contributed by atoms with Crippen molar-refractivity contribution >= 4 is 0 Å². The second-order valence-corrected chi connectivity index (χ2v) is 10.7. The summed E-state index contributed by atoms with van der Waals surface area (Å²) in [4.78, 5) is 0. The van der Waals surface area contributed by atoms with Crippen LogP contribution >= 0.6 is 0 Å². The fourth-order valence-electron chi connectivity index (χ4n) is 4.90. The molecule has 0 amide bonds. The van der Waals surface area contributed by atoms with Gasteiger partial charge in [-0.05, 0) is 77.5 Å². The molecule has 1 unspecified atom stereocenters. The first-order chi connectivity index (χ1) is 16.4. The molecule has 2 aromatic rings. The molecule has 188 valence electrons. The number of hydrogen-bond acceptors (Lipinski definition) is 4. The van der Waals surface area contributed by atoms with Gasteiger partial charge in [-0.25, -0.2) is 0 Å². The zero-order valence-corrected chi connectivity index (χ0v) is 22.2. The highest BCUT2D eigenvalue weighted by Gasteiger charge is 2.32. The normalized spacial score (nSPS) is 15.1. The molecule has 3 N–H and O–H groups in total. The predicted octanol–water partition coefficient (Wildman–Crippen LogP) is 7.66. The number of rotatable bonds is 7. The van der Waals surface area contributed by atoms with E-state index in [1.54, 1.807) is 6.07 Å². The van der Waals surface area contributed by atoms with E-state index in [0.717, 1.165) is 46.2 Å². The van der Waals surface area contributed by atoms with Crippen LogP contribution in [-0.4, -0.2) is 15.3 Å². The van der Waals surface area contributed by atoms with E-state index in [-0.39, 0.29) is 28.8 Å². The molecule has 4 heteroatoms. The van der Waals surface area contributed by atoms with Crippen molar-refractivity contribution in [3.8, 4) is 23.0 Å². The van der Waals surface area contributed by atoms with Crippen LogP contribution in [0.1, 0.15) is 87.4 Å². The molecule has 0 bridgehead atoms. The van der Waals surface area contributed by atoms with Crippen molar-refractivity contribution in [3.05, 3.63) is 81.5 Å². The number of hydrogen-bond donors (Lipinski definition) is 3. The monoisotopic (exact) mass is 476 g/mol. The van der Waals surface area contributed by atoms with Crippen molar-refractivity contribution < 1.29 is 20.1 Å². The SMILES string of the molecule is C=CC(C)(C)c1c(O)cc2c(c1C)CCC(c1cc(CC=C(C)C)c(O)c(O)c1CC=C(C)C)O2. The molecule has 0 spiro atoms. The molecule has 0 saturated heterocycles. The molecule has 1 atom stereocenters. The Morgan fingerprint density at radius 2 is 1.66 bits per heavy atom. The molecule has 0 radical (unpaired) electrons. The van der Waals surface area contributed by atoms with Gasteiger partial charge in [0.05, 0.1) is 0 Å². The van der Waals surface area contributed by atoms with Crippen molar-refractivity contribution in [3.63, 3.8) is 0 Å². The van der Waals surface area contributed by atoms with Crippen LogP contribution in [-0.2, 0) is 24.7 Å². The van der Waals surface area contributed by atoms with Crippen LogP contribution in [0.5, 0.6) is 23.0 Å². The highest BCUT2D eigenvalue weighted by molar-refractivity contribution is 5.59. The number of phenols is 3. The Labute approximate surface area is 210 Å². The van der Waals surface area contributed by atoms with E-state index in [1.807, 2.05) is 72.8 Å². The number of allylic oxidation sites excluding steroid dienone is 5. The van der Waals surface area contributed by atoms with E-state index < -0.39 is 0 Å². The fraction of sp³-hybridized carbons (Fsp3) is 0.419. The average molecular weight is 477 g/mol. The summed E-state index contributed by atoms with van der Waals surface area (Å²) in [7, 11) is 0. The standard InChI is InChI=1S/C31H40O4/c1-9-31(7,8)28-20(6)22-14-15-26(35-27(22)17-25(28)32)24-16-21(12-10-18(2)3)29(33)30(34)23(24)13-11-19(4)5/h9-11,16-17,26,32-34H,1,12-15H2,2-8H3. The van der Waals surface area contributed by atoms with Gasteiger partial charge in [0.1, 0.15) is 17.6 Å². The largest absolute Gasteiger partial charge is 0.507 e. The van der Waals surface area contributed by atoms with Crippen molar-refractivity contribution in [1.29, 1.82) is 0 Å². The van der Waals surface area contributed by atoms with Gasteiger partial charge in [0.25, 0.3) is 0 Å². The number of ether oxygens (including phenoxy) is 1. The summed E-state index contributed by atoms with van der Waals surface area (Å²) in [6.45, 7) is 18.1. The number of fused-ring (bicyclic) bond motifs is 1. The van der Waals surface area contributed by atoms with Crippen LogP contribution in [0.2, 0.25) is 0 Å². The summed E-state index contributed by atoms with van der Waals surface area (Å²) in [5.74, 6) is 0.735. The third-order valence-electron chi connectivity index (χ3n) is 7.01. The van der Waals surface area contributed by atoms with E-state index >= 15 is 0 Å². The number of benzene rings is 2. The maximum Gasteiger partial charge on any atom is 0.161 e. The fourth-order valence-corrected chi connectivity index (χ4v) is 4.90. The third kappa shape index (κ3) is 5.42. The zero-order chi connectivity index (χ0) is 26.1. The summed E-state index contributed by atoms with van der Waals surface area (Å²) < 4.78 is 6.49. The molecule has 0 aliphatic carbocycles. The Morgan fingerprint density at radius 3 is 2.26 bits per heavy atom. The topological polar surface area (TPSA) is 69.9 Å². The minimum atomic E-state index is -0.361. The maximum absolute atomic E-state index is 11.0. The van der Waals surface area contributed by atoms with Gasteiger partial charge in [-0.15, -0.1) is 6.58 Å². The molecule has 0 saturated carbocycles. The number of aromatic hydroxyl groups is 3. The molecule has 0 fully saturated rings. The highest BCUT2D eigenvalue weighted by Crippen LogP contribution is 2.47. The molecule has 2 aromatic carbocycles. The van der Waals surface area contributed by atoms with E-state index in [4.69, 9.17) is 4.74 Å². The molecule has 1 heterocycles. The van der Waals surface area contributed by atoms with E-state index in [2.05, 4.69) is 6.58 Å². The smallest absolute Gasteiger partial charge is 0.161 e. The summed E-state index contributed by atoms with van der Waals surface area (Å²) in [5.41, 5.74) is 7.17.